The smallest absolute Gasteiger partial charge is 0.261 e. The fourth-order valence-electron chi connectivity index (χ4n) is 2.84. The zero-order chi connectivity index (χ0) is 21.7. The number of rotatable bonds is 7. The SMILES string of the molecule is COc1ccc(CN(C)C(=O)c2cccc(S(=O)(=O)Nc3ccccc3Cl)c2)cc1. The third-order valence-corrected chi connectivity index (χ3v) is 6.13. The van der Waals surface area contributed by atoms with Crippen LogP contribution in [0.2, 0.25) is 5.02 Å². The summed E-state index contributed by atoms with van der Waals surface area (Å²) in [4.78, 5) is 14.3. The van der Waals surface area contributed by atoms with E-state index in [1.54, 1.807) is 44.5 Å². The molecule has 0 bridgehead atoms. The summed E-state index contributed by atoms with van der Waals surface area (Å²) in [5.74, 6) is 0.442. The quantitative estimate of drug-likeness (QED) is 0.585. The first-order valence-electron chi connectivity index (χ1n) is 9.06. The topological polar surface area (TPSA) is 75.7 Å². The van der Waals surface area contributed by atoms with Gasteiger partial charge in [0.2, 0.25) is 0 Å². The molecule has 0 aliphatic heterocycles. The standard InChI is InChI=1S/C22H21ClN2O4S/c1-25(15-16-10-12-18(29-2)13-11-16)22(26)17-6-5-7-19(14-17)30(27,28)24-21-9-4-3-8-20(21)23/h3-14,24H,15H2,1-2H3. The molecule has 156 valence electrons. The Hall–Kier alpha value is -3.03. The van der Waals surface area contributed by atoms with Crippen LogP contribution in [0.15, 0.2) is 77.7 Å². The first-order valence-corrected chi connectivity index (χ1v) is 10.9. The molecule has 0 spiro atoms. The van der Waals surface area contributed by atoms with Crippen molar-refractivity contribution in [3.05, 3.63) is 88.9 Å². The zero-order valence-electron chi connectivity index (χ0n) is 16.5. The number of nitrogens with zero attached hydrogens (tertiary/aromatic N) is 1. The molecular formula is C22H21ClN2O4S. The van der Waals surface area contributed by atoms with Crippen molar-refractivity contribution in [1.29, 1.82) is 0 Å². The molecule has 0 unspecified atom stereocenters. The third kappa shape index (κ3) is 5.11. The number of anilines is 1. The molecule has 0 fully saturated rings. The lowest BCUT2D eigenvalue weighted by molar-refractivity contribution is 0.0785. The lowest BCUT2D eigenvalue weighted by Gasteiger charge is -2.18. The lowest BCUT2D eigenvalue weighted by Crippen LogP contribution is -2.26. The second kappa shape index (κ2) is 9.19. The summed E-state index contributed by atoms with van der Waals surface area (Å²) >= 11 is 6.04. The average Bonchev–Trinajstić information content (AvgIpc) is 2.75. The fourth-order valence-corrected chi connectivity index (χ4v) is 4.21. The van der Waals surface area contributed by atoms with Gasteiger partial charge in [-0.15, -0.1) is 0 Å². The summed E-state index contributed by atoms with van der Waals surface area (Å²) in [7, 11) is -0.651. The van der Waals surface area contributed by atoms with E-state index in [1.165, 1.54) is 23.1 Å². The summed E-state index contributed by atoms with van der Waals surface area (Å²) < 4.78 is 33.1. The van der Waals surface area contributed by atoms with Crippen LogP contribution in [0.4, 0.5) is 5.69 Å². The first kappa shape index (κ1) is 21.7. The molecule has 3 aromatic carbocycles. The number of sulfonamides is 1. The van der Waals surface area contributed by atoms with Crippen molar-refractivity contribution in [2.75, 3.05) is 18.9 Å². The van der Waals surface area contributed by atoms with E-state index < -0.39 is 10.0 Å². The maximum absolute atomic E-state index is 12.8. The van der Waals surface area contributed by atoms with Gasteiger partial charge in [0.05, 0.1) is 22.7 Å². The van der Waals surface area contributed by atoms with E-state index in [2.05, 4.69) is 4.72 Å². The Morgan fingerprint density at radius 1 is 1.03 bits per heavy atom. The van der Waals surface area contributed by atoms with Crippen molar-refractivity contribution in [2.24, 2.45) is 0 Å². The Bertz CT molecular complexity index is 1150. The fraction of sp³-hybridized carbons (Fsp3) is 0.136. The molecule has 6 nitrogen and oxygen atoms in total. The Morgan fingerprint density at radius 3 is 2.40 bits per heavy atom. The first-order chi connectivity index (χ1) is 14.3. The van der Waals surface area contributed by atoms with Crippen LogP contribution in [0, 0.1) is 0 Å². The van der Waals surface area contributed by atoms with E-state index in [4.69, 9.17) is 16.3 Å². The van der Waals surface area contributed by atoms with Crippen molar-refractivity contribution < 1.29 is 17.9 Å². The number of carbonyl (C=O) groups is 1. The van der Waals surface area contributed by atoms with Crippen molar-refractivity contribution in [2.45, 2.75) is 11.4 Å². The summed E-state index contributed by atoms with van der Waals surface area (Å²) in [6.07, 6.45) is 0. The number of hydrogen-bond donors (Lipinski definition) is 1. The van der Waals surface area contributed by atoms with Gasteiger partial charge in [0.1, 0.15) is 5.75 Å². The molecule has 0 saturated carbocycles. The van der Waals surface area contributed by atoms with Crippen LogP contribution in [0.3, 0.4) is 0 Å². The number of para-hydroxylation sites is 1. The molecular weight excluding hydrogens is 424 g/mol. The maximum atomic E-state index is 12.8. The van der Waals surface area contributed by atoms with E-state index in [9.17, 15) is 13.2 Å². The number of benzene rings is 3. The molecule has 3 rings (SSSR count). The van der Waals surface area contributed by atoms with Crippen LogP contribution < -0.4 is 9.46 Å². The molecule has 0 aliphatic rings. The molecule has 0 atom stereocenters. The highest BCUT2D eigenvalue weighted by atomic mass is 35.5. The minimum atomic E-state index is -3.90. The molecule has 0 saturated heterocycles. The number of methoxy groups -OCH3 is 1. The molecule has 0 aromatic heterocycles. The molecule has 1 N–H and O–H groups in total. The molecule has 3 aromatic rings. The monoisotopic (exact) mass is 444 g/mol. The summed E-state index contributed by atoms with van der Waals surface area (Å²) in [5, 5.41) is 0.285. The normalized spacial score (nSPS) is 11.0. The van der Waals surface area contributed by atoms with Crippen LogP contribution in [-0.4, -0.2) is 33.4 Å². The van der Waals surface area contributed by atoms with Crippen molar-refractivity contribution in [1.82, 2.24) is 4.90 Å². The van der Waals surface area contributed by atoms with E-state index in [0.717, 1.165) is 11.3 Å². The molecule has 30 heavy (non-hydrogen) atoms. The molecule has 0 radical (unpaired) electrons. The molecule has 8 heteroatoms. The van der Waals surface area contributed by atoms with Gasteiger partial charge < -0.3 is 9.64 Å². The Morgan fingerprint density at radius 2 is 1.73 bits per heavy atom. The van der Waals surface area contributed by atoms with Gasteiger partial charge in [-0.3, -0.25) is 9.52 Å². The van der Waals surface area contributed by atoms with Crippen molar-refractivity contribution in [3.63, 3.8) is 0 Å². The average molecular weight is 445 g/mol. The highest BCUT2D eigenvalue weighted by Gasteiger charge is 2.19. The van der Waals surface area contributed by atoms with Gasteiger partial charge >= 0.3 is 0 Å². The Labute approximate surface area is 181 Å². The van der Waals surface area contributed by atoms with Gasteiger partial charge in [0.15, 0.2) is 0 Å². The van der Waals surface area contributed by atoms with Crippen LogP contribution in [0.25, 0.3) is 0 Å². The second-order valence-corrected chi connectivity index (χ2v) is 8.71. The number of ether oxygens (including phenoxy) is 1. The Kier molecular flexibility index (Phi) is 6.64. The van der Waals surface area contributed by atoms with Crippen molar-refractivity contribution >= 4 is 33.2 Å². The van der Waals surface area contributed by atoms with E-state index >= 15 is 0 Å². The third-order valence-electron chi connectivity index (χ3n) is 4.43. The summed E-state index contributed by atoms with van der Waals surface area (Å²) in [6.45, 7) is 0.373. The maximum Gasteiger partial charge on any atom is 0.261 e. The molecule has 0 aliphatic carbocycles. The number of nitrogens with one attached hydrogen (secondary N) is 1. The van der Waals surface area contributed by atoms with Gasteiger partial charge in [0, 0.05) is 19.2 Å². The Balaban J connectivity index is 1.77. The second-order valence-electron chi connectivity index (χ2n) is 6.62. The number of halogens is 1. The van der Waals surface area contributed by atoms with Gasteiger partial charge in [-0.1, -0.05) is 41.9 Å². The van der Waals surface area contributed by atoms with Gasteiger partial charge in [-0.25, -0.2) is 8.42 Å². The largest absolute Gasteiger partial charge is 0.497 e. The van der Waals surface area contributed by atoms with Gasteiger partial charge in [-0.05, 0) is 48.0 Å². The highest BCUT2D eigenvalue weighted by Crippen LogP contribution is 2.24. The predicted octanol–water partition coefficient (Wildman–Crippen LogP) is 4.42. The predicted molar refractivity (Wildman–Crippen MR) is 117 cm³/mol. The van der Waals surface area contributed by atoms with Crippen LogP contribution in [-0.2, 0) is 16.6 Å². The van der Waals surface area contributed by atoms with Crippen LogP contribution in [0.1, 0.15) is 15.9 Å². The molecule has 1 amide bonds. The number of hydrogen-bond acceptors (Lipinski definition) is 4. The lowest BCUT2D eigenvalue weighted by atomic mass is 10.1. The van der Waals surface area contributed by atoms with Gasteiger partial charge in [-0.2, -0.15) is 0 Å². The zero-order valence-corrected chi connectivity index (χ0v) is 18.1. The minimum absolute atomic E-state index is 0.0221. The van der Waals surface area contributed by atoms with Crippen LogP contribution in [0.5, 0.6) is 5.75 Å². The van der Waals surface area contributed by atoms with Gasteiger partial charge in [0.25, 0.3) is 15.9 Å². The number of amides is 1. The van der Waals surface area contributed by atoms with Crippen LogP contribution >= 0.6 is 11.6 Å². The van der Waals surface area contributed by atoms with Crippen molar-refractivity contribution in [3.8, 4) is 5.75 Å². The summed E-state index contributed by atoms with van der Waals surface area (Å²) in [5.41, 5.74) is 1.47. The van der Waals surface area contributed by atoms with E-state index in [-0.39, 0.29) is 27.1 Å². The minimum Gasteiger partial charge on any atom is -0.497 e. The number of carbonyl (C=O) groups excluding carboxylic acids is 1. The van der Waals surface area contributed by atoms with E-state index in [1.807, 2.05) is 24.3 Å². The van der Waals surface area contributed by atoms with E-state index in [0.29, 0.717) is 6.54 Å². The molecule has 0 heterocycles. The highest BCUT2D eigenvalue weighted by molar-refractivity contribution is 7.92. The summed E-state index contributed by atoms with van der Waals surface area (Å²) in [6, 6.07) is 19.8.